The first kappa shape index (κ1) is 14.3. The van der Waals surface area contributed by atoms with Gasteiger partial charge in [0.25, 0.3) is 5.91 Å². The lowest BCUT2D eigenvalue weighted by atomic mass is 10.1. The Morgan fingerprint density at radius 2 is 1.82 bits per heavy atom. The van der Waals surface area contributed by atoms with Crippen LogP contribution in [0.5, 0.6) is 0 Å². The average molecular weight is 293 g/mol. The molecule has 3 aromatic rings. The fourth-order valence-corrected chi connectivity index (χ4v) is 2.60. The maximum absolute atomic E-state index is 12.3. The summed E-state index contributed by atoms with van der Waals surface area (Å²) in [5.74, 6) is 0.765. The van der Waals surface area contributed by atoms with Crippen molar-refractivity contribution in [2.24, 2.45) is 7.05 Å². The number of rotatable bonds is 3. The quantitative estimate of drug-likeness (QED) is 0.804. The van der Waals surface area contributed by atoms with Crippen LogP contribution in [0.1, 0.15) is 34.7 Å². The van der Waals surface area contributed by atoms with Crippen molar-refractivity contribution in [2.75, 3.05) is 0 Å². The molecule has 112 valence electrons. The summed E-state index contributed by atoms with van der Waals surface area (Å²) >= 11 is 0. The van der Waals surface area contributed by atoms with Crippen LogP contribution in [0, 0.1) is 6.92 Å². The summed E-state index contributed by atoms with van der Waals surface area (Å²) in [6.45, 7) is 3.96. The highest BCUT2D eigenvalue weighted by Gasteiger charge is 2.17. The summed E-state index contributed by atoms with van der Waals surface area (Å²) in [6, 6.07) is 15.4. The number of aryl methyl sites for hydroxylation is 2. The van der Waals surface area contributed by atoms with Gasteiger partial charge in [0, 0.05) is 12.6 Å². The number of hydrogen-bond acceptors (Lipinski definition) is 2. The Morgan fingerprint density at radius 3 is 2.50 bits per heavy atom. The Balaban J connectivity index is 1.83. The fraction of sp³-hybridized carbons (Fsp3) is 0.222. The van der Waals surface area contributed by atoms with Gasteiger partial charge in [-0.1, -0.05) is 29.8 Å². The van der Waals surface area contributed by atoms with Crippen molar-refractivity contribution in [3.8, 4) is 0 Å². The molecule has 0 radical (unpaired) electrons. The lowest BCUT2D eigenvalue weighted by Gasteiger charge is -2.14. The van der Waals surface area contributed by atoms with Gasteiger partial charge in [-0.25, -0.2) is 4.98 Å². The van der Waals surface area contributed by atoms with E-state index in [-0.39, 0.29) is 11.9 Å². The summed E-state index contributed by atoms with van der Waals surface area (Å²) in [5.41, 5.74) is 3.81. The molecular formula is C18H19N3O. The van der Waals surface area contributed by atoms with Crippen molar-refractivity contribution < 1.29 is 4.79 Å². The van der Waals surface area contributed by atoms with E-state index in [4.69, 9.17) is 0 Å². The lowest BCUT2D eigenvalue weighted by Crippen LogP contribution is -2.28. The molecule has 0 fully saturated rings. The van der Waals surface area contributed by atoms with Gasteiger partial charge >= 0.3 is 0 Å². The molecule has 1 amide bonds. The molecule has 3 rings (SSSR count). The van der Waals surface area contributed by atoms with E-state index in [2.05, 4.69) is 10.3 Å². The SMILES string of the molecule is Cc1ccc(C(=O)NC(C)c2nc3ccccc3n2C)cc1. The Morgan fingerprint density at radius 1 is 1.14 bits per heavy atom. The summed E-state index contributed by atoms with van der Waals surface area (Å²) in [6.07, 6.45) is 0. The molecule has 0 aliphatic carbocycles. The van der Waals surface area contributed by atoms with Gasteiger partial charge in [-0.15, -0.1) is 0 Å². The third-order valence-corrected chi connectivity index (χ3v) is 3.87. The molecule has 0 aliphatic heterocycles. The number of carbonyl (C=O) groups excluding carboxylic acids is 1. The Kier molecular flexibility index (Phi) is 3.67. The molecule has 0 spiro atoms. The molecule has 0 saturated heterocycles. The third kappa shape index (κ3) is 2.60. The second-order valence-corrected chi connectivity index (χ2v) is 5.58. The predicted octanol–water partition coefficient (Wildman–Crippen LogP) is 3.37. The van der Waals surface area contributed by atoms with Crippen LogP contribution in [0.15, 0.2) is 48.5 Å². The molecule has 1 aromatic heterocycles. The highest BCUT2D eigenvalue weighted by Crippen LogP contribution is 2.19. The highest BCUT2D eigenvalue weighted by molar-refractivity contribution is 5.94. The molecule has 22 heavy (non-hydrogen) atoms. The van der Waals surface area contributed by atoms with E-state index in [1.54, 1.807) is 0 Å². The van der Waals surface area contributed by atoms with Crippen LogP contribution in [0.3, 0.4) is 0 Å². The molecule has 4 heteroatoms. The van der Waals surface area contributed by atoms with Crippen LogP contribution in [0.2, 0.25) is 0 Å². The fourth-order valence-electron chi connectivity index (χ4n) is 2.60. The zero-order chi connectivity index (χ0) is 15.7. The van der Waals surface area contributed by atoms with Gasteiger partial charge in [-0.3, -0.25) is 4.79 Å². The van der Waals surface area contributed by atoms with Gasteiger partial charge in [0.15, 0.2) is 0 Å². The smallest absolute Gasteiger partial charge is 0.251 e. The van der Waals surface area contributed by atoms with E-state index < -0.39 is 0 Å². The zero-order valence-electron chi connectivity index (χ0n) is 13.0. The van der Waals surface area contributed by atoms with Crippen molar-refractivity contribution in [3.63, 3.8) is 0 Å². The van der Waals surface area contributed by atoms with Crippen molar-refractivity contribution in [1.82, 2.24) is 14.9 Å². The molecule has 2 aromatic carbocycles. The molecule has 1 N–H and O–H groups in total. The summed E-state index contributed by atoms with van der Waals surface area (Å²) in [4.78, 5) is 16.9. The number of imidazole rings is 1. The van der Waals surface area contributed by atoms with Crippen LogP contribution >= 0.6 is 0 Å². The molecule has 1 heterocycles. The van der Waals surface area contributed by atoms with Crippen LogP contribution in [-0.4, -0.2) is 15.5 Å². The third-order valence-electron chi connectivity index (χ3n) is 3.87. The maximum atomic E-state index is 12.3. The number of amides is 1. The van der Waals surface area contributed by atoms with Gasteiger partial charge in [0.1, 0.15) is 5.82 Å². The largest absolute Gasteiger partial charge is 0.342 e. The molecule has 0 aliphatic rings. The van der Waals surface area contributed by atoms with Gasteiger partial charge in [-0.05, 0) is 38.1 Å². The van der Waals surface area contributed by atoms with Crippen molar-refractivity contribution in [2.45, 2.75) is 19.9 Å². The number of fused-ring (bicyclic) bond motifs is 1. The lowest BCUT2D eigenvalue weighted by molar-refractivity contribution is 0.0938. The number of para-hydroxylation sites is 2. The Labute approximate surface area is 129 Å². The second-order valence-electron chi connectivity index (χ2n) is 5.58. The number of nitrogens with zero attached hydrogens (tertiary/aromatic N) is 2. The first-order valence-corrected chi connectivity index (χ1v) is 7.35. The van der Waals surface area contributed by atoms with Crippen molar-refractivity contribution in [1.29, 1.82) is 0 Å². The Hall–Kier alpha value is -2.62. The molecule has 1 atom stereocenters. The molecule has 0 bridgehead atoms. The van der Waals surface area contributed by atoms with E-state index in [0.717, 1.165) is 22.4 Å². The number of benzene rings is 2. The second kappa shape index (κ2) is 5.64. The summed E-state index contributed by atoms with van der Waals surface area (Å²) in [5, 5.41) is 3.01. The highest BCUT2D eigenvalue weighted by atomic mass is 16.1. The average Bonchev–Trinajstić information content (AvgIpc) is 2.85. The molecular weight excluding hydrogens is 274 g/mol. The van der Waals surface area contributed by atoms with E-state index in [0.29, 0.717) is 5.56 Å². The van der Waals surface area contributed by atoms with Crippen LogP contribution in [0.4, 0.5) is 0 Å². The topological polar surface area (TPSA) is 46.9 Å². The maximum Gasteiger partial charge on any atom is 0.251 e. The molecule has 4 nitrogen and oxygen atoms in total. The van der Waals surface area contributed by atoms with Crippen molar-refractivity contribution >= 4 is 16.9 Å². The number of nitrogens with one attached hydrogen (secondary N) is 1. The van der Waals surface area contributed by atoms with Gasteiger partial charge in [0.05, 0.1) is 17.1 Å². The molecule has 1 unspecified atom stereocenters. The first-order valence-electron chi connectivity index (χ1n) is 7.35. The first-order chi connectivity index (χ1) is 10.6. The van der Waals surface area contributed by atoms with Crippen LogP contribution in [-0.2, 0) is 7.05 Å². The van der Waals surface area contributed by atoms with E-state index in [1.807, 2.05) is 74.0 Å². The van der Waals surface area contributed by atoms with E-state index in [1.165, 1.54) is 0 Å². The van der Waals surface area contributed by atoms with E-state index >= 15 is 0 Å². The number of aromatic nitrogens is 2. The van der Waals surface area contributed by atoms with E-state index in [9.17, 15) is 4.79 Å². The van der Waals surface area contributed by atoms with Gasteiger partial charge in [-0.2, -0.15) is 0 Å². The summed E-state index contributed by atoms with van der Waals surface area (Å²) < 4.78 is 2.02. The minimum Gasteiger partial charge on any atom is -0.342 e. The van der Waals surface area contributed by atoms with Gasteiger partial charge in [0.2, 0.25) is 0 Å². The molecule has 0 saturated carbocycles. The monoisotopic (exact) mass is 293 g/mol. The standard InChI is InChI=1S/C18H19N3O/c1-12-8-10-14(11-9-12)18(22)19-13(2)17-20-15-6-4-5-7-16(15)21(17)3/h4-11,13H,1-3H3,(H,19,22). The minimum absolute atomic E-state index is 0.0837. The van der Waals surface area contributed by atoms with Crippen molar-refractivity contribution in [3.05, 3.63) is 65.5 Å². The summed E-state index contributed by atoms with van der Waals surface area (Å²) in [7, 11) is 1.97. The van der Waals surface area contributed by atoms with Crippen LogP contribution < -0.4 is 5.32 Å². The number of hydrogen-bond donors (Lipinski definition) is 1. The van der Waals surface area contributed by atoms with Gasteiger partial charge < -0.3 is 9.88 Å². The normalized spacial score (nSPS) is 12.3. The zero-order valence-corrected chi connectivity index (χ0v) is 13.0. The van der Waals surface area contributed by atoms with Crippen LogP contribution in [0.25, 0.3) is 11.0 Å². The minimum atomic E-state index is -0.161. The number of carbonyl (C=O) groups is 1. The Bertz CT molecular complexity index is 818. The predicted molar refractivity (Wildman–Crippen MR) is 87.8 cm³/mol.